The van der Waals surface area contributed by atoms with Crippen molar-refractivity contribution >= 4 is 22.0 Å². The number of carbonyl (C=O) groups is 2. The number of aliphatic hydroxyl groups is 2. The number of sulfonamides is 1. The summed E-state index contributed by atoms with van der Waals surface area (Å²) in [6.07, 6.45) is 2.22. The SMILES string of the molecule is CCC[C@@H](CCC[C@@H](CO)N(CC(C)C)S(=O)(=O)c1ccc(CO)cc1)NC(=O)[C@@H](NC(=O)OC)C(c1ccccc1)c1ccccc1. The maximum Gasteiger partial charge on any atom is 0.407 e. The summed E-state index contributed by atoms with van der Waals surface area (Å²) >= 11 is 0. The van der Waals surface area contributed by atoms with Crippen molar-refractivity contribution in [2.45, 2.75) is 88.4 Å². The molecule has 11 heteroatoms. The van der Waals surface area contributed by atoms with Gasteiger partial charge in [0.2, 0.25) is 15.9 Å². The molecule has 0 aliphatic carbocycles. The molecule has 0 spiro atoms. The largest absolute Gasteiger partial charge is 0.453 e. The molecule has 3 aromatic carbocycles. The lowest BCUT2D eigenvalue weighted by molar-refractivity contribution is -0.124. The number of methoxy groups -OCH3 is 1. The van der Waals surface area contributed by atoms with Gasteiger partial charge in [0.15, 0.2) is 0 Å². The Balaban J connectivity index is 1.81. The van der Waals surface area contributed by atoms with Crippen LogP contribution >= 0.6 is 0 Å². The Kier molecular flexibility index (Phi) is 15.5. The number of nitrogens with zero attached hydrogens (tertiary/aromatic N) is 1. The molecule has 4 N–H and O–H groups in total. The van der Waals surface area contributed by atoms with Gasteiger partial charge in [0.1, 0.15) is 6.04 Å². The fraction of sp³-hybridized carbons (Fsp3) is 0.459. The second kappa shape index (κ2) is 19.3. The van der Waals surface area contributed by atoms with Crippen LogP contribution in [0.4, 0.5) is 4.79 Å². The van der Waals surface area contributed by atoms with E-state index in [-0.39, 0.29) is 42.5 Å². The monoisotopic (exact) mass is 681 g/mol. The van der Waals surface area contributed by atoms with Crippen molar-refractivity contribution in [1.29, 1.82) is 0 Å². The van der Waals surface area contributed by atoms with Gasteiger partial charge in [-0.25, -0.2) is 13.2 Å². The maximum absolute atomic E-state index is 14.1. The third kappa shape index (κ3) is 10.9. The molecule has 0 bridgehead atoms. The van der Waals surface area contributed by atoms with E-state index in [0.717, 1.165) is 17.5 Å². The summed E-state index contributed by atoms with van der Waals surface area (Å²) in [4.78, 5) is 26.7. The van der Waals surface area contributed by atoms with Crippen LogP contribution in [0.15, 0.2) is 89.8 Å². The summed E-state index contributed by atoms with van der Waals surface area (Å²) in [5.41, 5.74) is 2.32. The second-order valence-corrected chi connectivity index (χ2v) is 14.3. The van der Waals surface area contributed by atoms with E-state index >= 15 is 0 Å². The Labute approximate surface area is 285 Å². The van der Waals surface area contributed by atoms with E-state index in [9.17, 15) is 28.2 Å². The highest BCUT2D eigenvalue weighted by atomic mass is 32.2. The molecule has 0 aliphatic rings. The molecule has 10 nitrogen and oxygen atoms in total. The zero-order valence-electron chi connectivity index (χ0n) is 28.4. The lowest BCUT2D eigenvalue weighted by Crippen LogP contribution is -2.52. The van der Waals surface area contributed by atoms with Crippen LogP contribution in [0.25, 0.3) is 0 Å². The molecule has 3 rings (SSSR count). The molecule has 0 aliphatic heterocycles. The minimum absolute atomic E-state index is 0.0130. The number of rotatable bonds is 19. The number of carbonyl (C=O) groups excluding carboxylic acids is 2. The summed E-state index contributed by atoms with van der Waals surface area (Å²) < 4.78 is 33.8. The first-order chi connectivity index (χ1) is 23.0. The molecular weight excluding hydrogens is 630 g/mol. The van der Waals surface area contributed by atoms with Crippen molar-refractivity contribution in [3.05, 3.63) is 102 Å². The number of alkyl carbamates (subject to hydrolysis) is 1. The molecule has 262 valence electrons. The van der Waals surface area contributed by atoms with Crippen LogP contribution in [0.5, 0.6) is 0 Å². The number of hydrogen-bond donors (Lipinski definition) is 4. The van der Waals surface area contributed by atoms with Gasteiger partial charge in [-0.2, -0.15) is 4.31 Å². The molecule has 0 aromatic heterocycles. The molecular formula is C37H51N3O7S. The lowest BCUT2D eigenvalue weighted by Gasteiger charge is -2.32. The number of aliphatic hydroxyl groups excluding tert-OH is 2. The van der Waals surface area contributed by atoms with E-state index in [1.807, 2.05) is 81.4 Å². The van der Waals surface area contributed by atoms with Crippen molar-refractivity contribution in [3.63, 3.8) is 0 Å². The molecule has 0 heterocycles. The quantitative estimate of drug-likeness (QED) is 0.136. The van der Waals surface area contributed by atoms with E-state index in [1.54, 1.807) is 12.1 Å². The molecule has 0 saturated heterocycles. The molecule has 3 aromatic rings. The van der Waals surface area contributed by atoms with Crippen LogP contribution in [0.1, 0.15) is 75.5 Å². The third-order valence-electron chi connectivity index (χ3n) is 8.34. The van der Waals surface area contributed by atoms with Gasteiger partial charge in [0.05, 0.1) is 25.2 Å². The Hall–Kier alpha value is -3.77. The van der Waals surface area contributed by atoms with E-state index < -0.39 is 34.1 Å². The topological polar surface area (TPSA) is 145 Å². The number of ether oxygens (including phenoxy) is 1. The van der Waals surface area contributed by atoms with Crippen LogP contribution in [-0.4, -0.2) is 73.3 Å². The Morgan fingerprint density at radius 3 is 1.90 bits per heavy atom. The molecule has 0 unspecified atom stereocenters. The smallest absolute Gasteiger partial charge is 0.407 e. The summed E-state index contributed by atoms with van der Waals surface area (Å²) in [5, 5.41) is 25.7. The minimum atomic E-state index is -3.93. The van der Waals surface area contributed by atoms with Crippen LogP contribution in [0.3, 0.4) is 0 Å². The van der Waals surface area contributed by atoms with Gasteiger partial charge in [-0.15, -0.1) is 0 Å². The number of benzene rings is 3. The molecule has 0 saturated carbocycles. The lowest BCUT2D eigenvalue weighted by atomic mass is 9.84. The fourth-order valence-corrected chi connectivity index (χ4v) is 7.75. The van der Waals surface area contributed by atoms with Crippen LogP contribution < -0.4 is 10.6 Å². The average molecular weight is 682 g/mol. The van der Waals surface area contributed by atoms with Crippen LogP contribution in [0, 0.1) is 5.92 Å². The van der Waals surface area contributed by atoms with Crippen molar-refractivity contribution in [1.82, 2.24) is 14.9 Å². The fourth-order valence-electron chi connectivity index (χ4n) is 5.94. The zero-order chi connectivity index (χ0) is 35.1. The van der Waals surface area contributed by atoms with Gasteiger partial charge in [-0.05, 0) is 60.4 Å². The highest BCUT2D eigenvalue weighted by Gasteiger charge is 2.35. The highest BCUT2D eigenvalue weighted by molar-refractivity contribution is 7.89. The van der Waals surface area contributed by atoms with E-state index in [0.29, 0.717) is 31.2 Å². The first kappa shape index (κ1) is 38.7. The molecule has 2 amide bonds. The van der Waals surface area contributed by atoms with Gasteiger partial charge >= 0.3 is 6.09 Å². The number of nitrogens with one attached hydrogen (secondary N) is 2. The van der Waals surface area contributed by atoms with Gasteiger partial charge in [-0.1, -0.05) is 100.0 Å². The second-order valence-electron chi connectivity index (χ2n) is 12.4. The normalized spacial score (nSPS) is 13.7. The first-order valence-electron chi connectivity index (χ1n) is 16.6. The molecule has 3 atom stereocenters. The van der Waals surface area contributed by atoms with Gasteiger partial charge in [0.25, 0.3) is 0 Å². The minimum Gasteiger partial charge on any atom is -0.453 e. The van der Waals surface area contributed by atoms with E-state index in [1.165, 1.54) is 23.5 Å². The average Bonchev–Trinajstić information content (AvgIpc) is 3.09. The highest BCUT2D eigenvalue weighted by Crippen LogP contribution is 2.29. The molecule has 48 heavy (non-hydrogen) atoms. The molecule has 0 fully saturated rings. The maximum atomic E-state index is 14.1. The van der Waals surface area contributed by atoms with Crippen molar-refractivity contribution < 1.29 is 33.0 Å². The van der Waals surface area contributed by atoms with Crippen LogP contribution in [0.2, 0.25) is 0 Å². The summed E-state index contributed by atoms with van der Waals surface area (Å²) in [5.74, 6) is -0.835. The first-order valence-corrected chi connectivity index (χ1v) is 18.1. The van der Waals surface area contributed by atoms with Gasteiger partial charge in [0, 0.05) is 24.5 Å². The number of amides is 2. The van der Waals surface area contributed by atoms with Crippen molar-refractivity contribution in [2.24, 2.45) is 5.92 Å². The number of hydrogen-bond acceptors (Lipinski definition) is 7. The summed E-state index contributed by atoms with van der Waals surface area (Å²) in [7, 11) is -2.67. The Morgan fingerprint density at radius 1 is 0.833 bits per heavy atom. The van der Waals surface area contributed by atoms with Crippen LogP contribution in [-0.2, 0) is 26.2 Å². The predicted molar refractivity (Wildman–Crippen MR) is 187 cm³/mol. The van der Waals surface area contributed by atoms with Gasteiger partial charge < -0.3 is 25.6 Å². The standard InChI is InChI=1S/C37H51N3O7S/c1-5-13-31(18-12-19-32(26-42)40(24-27(2)3)48(45,46)33-22-20-28(25-41)21-23-33)38-36(43)35(39-37(44)47-4)34(29-14-8-6-9-15-29)30-16-10-7-11-17-30/h6-11,14-17,20-23,27,31-32,34-35,41-42H,5,12-13,18-19,24-26H2,1-4H3,(H,38,43)(H,39,44)/t31-,32-,35-/m0/s1. The summed E-state index contributed by atoms with van der Waals surface area (Å²) in [6, 6.07) is 23.3. The third-order valence-corrected chi connectivity index (χ3v) is 10.3. The Bertz CT molecular complexity index is 1460. The molecule has 0 radical (unpaired) electrons. The Morgan fingerprint density at radius 2 is 1.42 bits per heavy atom. The van der Waals surface area contributed by atoms with Gasteiger partial charge in [-0.3, -0.25) is 4.79 Å². The van der Waals surface area contributed by atoms with Crippen molar-refractivity contribution in [3.8, 4) is 0 Å². The van der Waals surface area contributed by atoms with E-state index in [4.69, 9.17) is 4.74 Å². The summed E-state index contributed by atoms with van der Waals surface area (Å²) in [6.45, 7) is 5.56. The predicted octanol–water partition coefficient (Wildman–Crippen LogP) is 5.20. The van der Waals surface area contributed by atoms with E-state index in [2.05, 4.69) is 10.6 Å². The van der Waals surface area contributed by atoms with Crippen molar-refractivity contribution in [2.75, 3.05) is 20.3 Å². The zero-order valence-corrected chi connectivity index (χ0v) is 29.2.